The Bertz CT molecular complexity index is 451. The highest BCUT2D eigenvalue weighted by atomic mass is 16.5. The summed E-state index contributed by atoms with van der Waals surface area (Å²) in [5.41, 5.74) is 0.854. The predicted octanol–water partition coefficient (Wildman–Crippen LogP) is 0.245. The molecule has 1 aromatic heterocycles. The first kappa shape index (κ1) is 15.7. The monoisotopic (exact) mass is 293 g/mol. The quantitative estimate of drug-likeness (QED) is 0.782. The van der Waals surface area contributed by atoms with Crippen molar-refractivity contribution in [3.8, 4) is 0 Å². The van der Waals surface area contributed by atoms with Crippen LogP contribution >= 0.6 is 0 Å². The molecule has 1 aliphatic heterocycles. The second-order valence-corrected chi connectivity index (χ2v) is 4.88. The van der Waals surface area contributed by atoms with Gasteiger partial charge in [0.15, 0.2) is 0 Å². The maximum atomic E-state index is 12.1. The normalized spacial score (nSPS) is 19.2. The molecule has 1 saturated heterocycles. The molecule has 1 aliphatic rings. The fourth-order valence-electron chi connectivity index (χ4n) is 2.28. The molecule has 1 unspecified atom stereocenters. The third kappa shape index (κ3) is 4.37. The van der Waals surface area contributed by atoms with Gasteiger partial charge in [0.25, 0.3) is 0 Å². The highest BCUT2D eigenvalue weighted by molar-refractivity contribution is 5.81. The number of carbonyl (C=O) groups is 1. The van der Waals surface area contributed by atoms with E-state index < -0.39 is 0 Å². The van der Waals surface area contributed by atoms with Crippen LogP contribution in [-0.2, 0) is 16.1 Å². The Balaban J connectivity index is 1.99. The van der Waals surface area contributed by atoms with E-state index in [-0.39, 0.29) is 11.9 Å². The number of aromatic nitrogens is 2. The minimum Gasteiger partial charge on any atom is -0.378 e. The largest absolute Gasteiger partial charge is 0.378 e. The van der Waals surface area contributed by atoms with Gasteiger partial charge in [-0.15, -0.1) is 0 Å². The summed E-state index contributed by atoms with van der Waals surface area (Å²) in [6, 6.07) is -0.256. The van der Waals surface area contributed by atoms with Crippen molar-refractivity contribution in [2.45, 2.75) is 26.4 Å². The van der Waals surface area contributed by atoms with Gasteiger partial charge in [0.2, 0.25) is 5.91 Å². The van der Waals surface area contributed by atoms with E-state index in [1.807, 2.05) is 13.8 Å². The molecule has 0 aromatic carbocycles. The van der Waals surface area contributed by atoms with Crippen molar-refractivity contribution in [3.05, 3.63) is 18.1 Å². The van der Waals surface area contributed by atoms with Crippen LogP contribution in [0.4, 0.5) is 5.82 Å². The molecule has 7 heteroatoms. The fraction of sp³-hybridized carbons (Fsp3) is 0.643. The van der Waals surface area contributed by atoms with Gasteiger partial charge in [-0.3, -0.25) is 14.7 Å². The Morgan fingerprint density at radius 2 is 2.24 bits per heavy atom. The Kier molecular flexibility index (Phi) is 5.89. The first-order chi connectivity index (χ1) is 10.2. The number of hydrogen-bond acceptors (Lipinski definition) is 6. The van der Waals surface area contributed by atoms with Gasteiger partial charge in [0.1, 0.15) is 11.9 Å². The average Bonchev–Trinajstić information content (AvgIpc) is 2.50. The second-order valence-electron chi connectivity index (χ2n) is 4.88. The van der Waals surface area contributed by atoms with E-state index in [2.05, 4.69) is 25.5 Å². The molecule has 0 aliphatic carbocycles. The lowest BCUT2D eigenvalue weighted by Crippen LogP contribution is -2.53. The molecule has 0 bridgehead atoms. The van der Waals surface area contributed by atoms with Crippen molar-refractivity contribution in [1.82, 2.24) is 20.2 Å². The van der Waals surface area contributed by atoms with Crippen molar-refractivity contribution in [2.75, 3.05) is 38.2 Å². The summed E-state index contributed by atoms with van der Waals surface area (Å²) in [5.74, 6) is 0.776. The second kappa shape index (κ2) is 7.90. The Labute approximate surface area is 125 Å². The number of hydrogen-bond donors (Lipinski definition) is 2. The highest BCUT2D eigenvalue weighted by Gasteiger charge is 2.29. The maximum absolute atomic E-state index is 12.1. The molecule has 1 aromatic rings. The lowest BCUT2D eigenvalue weighted by Gasteiger charge is -2.34. The van der Waals surface area contributed by atoms with Crippen LogP contribution in [0, 0.1) is 0 Å². The number of rotatable bonds is 6. The van der Waals surface area contributed by atoms with E-state index in [9.17, 15) is 4.79 Å². The smallest absolute Gasteiger partial charge is 0.239 e. The minimum atomic E-state index is -0.256. The zero-order chi connectivity index (χ0) is 15.1. The van der Waals surface area contributed by atoms with Crippen LogP contribution in [0.2, 0.25) is 0 Å². The fourth-order valence-corrected chi connectivity index (χ4v) is 2.28. The van der Waals surface area contributed by atoms with Crippen LogP contribution in [0.3, 0.4) is 0 Å². The summed E-state index contributed by atoms with van der Waals surface area (Å²) in [7, 11) is 0. The van der Waals surface area contributed by atoms with E-state index in [1.165, 1.54) is 0 Å². The molecule has 1 atom stereocenters. The number of nitrogens with one attached hydrogen (secondary N) is 2. The molecule has 1 amide bonds. The van der Waals surface area contributed by atoms with Crippen molar-refractivity contribution >= 4 is 11.7 Å². The average molecular weight is 293 g/mol. The number of anilines is 1. The molecule has 116 valence electrons. The number of amides is 1. The number of morpholine rings is 1. The van der Waals surface area contributed by atoms with Gasteiger partial charge in [0.05, 0.1) is 31.3 Å². The summed E-state index contributed by atoms with van der Waals surface area (Å²) in [4.78, 5) is 22.8. The van der Waals surface area contributed by atoms with Crippen molar-refractivity contribution in [2.24, 2.45) is 0 Å². The third-order valence-corrected chi connectivity index (χ3v) is 3.32. The van der Waals surface area contributed by atoms with Crippen LogP contribution in [-0.4, -0.2) is 59.7 Å². The van der Waals surface area contributed by atoms with E-state index in [0.717, 1.165) is 24.6 Å². The third-order valence-electron chi connectivity index (χ3n) is 3.32. The zero-order valence-corrected chi connectivity index (χ0v) is 12.6. The van der Waals surface area contributed by atoms with Crippen LogP contribution in [0.1, 0.15) is 19.5 Å². The van der Waals surface area contributed by atoms with Crippen molar-refractivity contribution in [1.29, 1.82) is 0 Å². The van der Waals surface area contributed by atoms with Gasteiger partial charge >= 0.3 is 0 Å². The van der Waals surface area contributed by atoms with Crippen molar-refractivity contribution < 1.29 is 9.53 Å². The van der Waals surface area contributed by atoms with Gasteiger partial charge in [0, 0.05) is 26.2 Å². The molecule has 2 rings (SSSR count). The molecule has 2 heterocycles. The highest BCUT2D eigenvalue weighted by Crippen LogP contribution is 2.12. The van der Waals surface area contributed by atoms with Gasteiger partial charge in [-0.05, 0) is 13.8 Å². The van der Waals surface area contributed by atoms with E-state index >= 15 is 0 Å². The predicted molar refractivity (Wildman–Crippen MR) is 79.9 cm³/mol. The number of ether oxygens (including phenoxy) is 1. The Morgan fingerprint density at radius 1 is 1.38 bits per heavy atom. The maximum Gasteiger partial charge on any atom is 0.239 e. The SMILES string of the molecule is CCNC(=O)C1COCCN1Cc1cnc(NCC)cn1. The lowest BCUT2D eigenvalue weighted by atomic mass is 10.2. The molecule has 0 radical (unpaired) electrons. The Hall–Kier alpha value is -1.73. The van der Waals surface area contributed by atoms with E-state index in [0.29, 0.717) is 26.3 Å². The van der Waals surface area contributed by atoms with Crippen molar-refractivity contribution in [3.63, 3.8) is 0 Å². The summed E-state index contributed by atoms with van der Waals surface area (Å²) >= 11 is 0. The molecular formula is C14H23N5O2. The number of likely N-dealkylation sites (N-methyl/N-ethyl adjacent to an activating group) is 1. The zero-order valence-electron chi connectivity index (χ0n) is 12.6. The van der Waals surface area contributed by atoms with Crippen LogP contribution in [0.5, 0.6) is 0 Å². The molecule has 1 fully saturated rings. The van der Waals surface area contributed by atoms with Gasteiger partial charge in [-0.2, -0.15) is 0 Å². The molecular weight excluding hydrogens is 270 g/mol. The van der Waals surface area contributed by atoms with E-state index in [1.54, 1.807) is 12.4 Å². The lowest BCUT2D eigenvalue weighted by molar-refractivity contribution is -0.132. The molecule has 0 saturated carbocycles. The molecule has 0 spiro atoms. The molecule has 2 N–H and O–H groups in total. The van der Waals surface area contributed by atoms with E-state index in [4.69, 9.17) is 4.74 Å². The molecule has 21 heavy (non-hydrogen) atoms. The number of nitrogens with zero attached hydrogens (tertiary/aromatic N) is 3. The summed E-state index contributed by atoms with van der Waals surface area (Å²) in [6.45, 7) is 7.75. The van der Waals surface area contributed by atoms with Crippen LogP contribution in [0.15, 0.2) is 12.4 Å². The van der Waals surface area contributed by atoms with Gasteiger partial charge in [-0.25, -0.2) is 4.98 Å². The molecule has 7 nitrogen and oxygen atoms in total. The summed E-state index contributed by atoms with van der Waals surface area (Å²) in [6.07, 6.45) is 3.47. The summed E-state index contributed by atoms with van der Waals surface area (Å²) < 4.78 is 5.42. The van der Waals surface area contributed by atoms with Gasteiger partial charge in [-0.1, -0.05) is 0 Å². The number of carbonyl (C=O) groups excluding carboxylic acids is 1. The first-order valence-corrected chi connectivity index (χ1v) is 7.38. The topological polar surface area (TPSA) is 79.4 Å². The minimum absolute atomic E-state index is 0.00873. The van der Waals surface area contributed by atoms with Crippen LogP contribution < -0.4 is 10.6 Å². The van der Waals surface area contributed by atoms with Gasteiger partial charge < -0.3 is 15.4 Å². The Morgan fingerprint density at radius 3 is 2.90 bits per heavy atom. The standard InChI is InChI=1S/C14H23N5O2/c1-3-15-13-8-17-11(7-18-13)9-19-5-6-21-10-12(19)14(20)16-4-2/h7-8,12H,3-6,9-10H2,1-2H3,(H,15,18)(H,16,20). The first-order valence-electron chi connectivity index (χ1n) is 7.38. The summed E-state index contributed by atoms with van der Waals surface area (Å²) in [5, 5.41) is 5.96. The van der Waals surface area contributed by atoms with Crippen LogP contribution in [0.25, 0.3) is 0 Å².